The summed E-state index contributed by atoms with van der Waals surface area (Å²) in [5.74, 6) is 0.701. The first-order valence-corrected chi connectivity index (χ1v) is 8.54. The van der Waals surface area contributed by atoms with Crippen molar-refractivity contribution in [1.82, 2.24) is 20.4 Å². The summed E-state index contributed by atoms with van der Waals surface area (Å²) in [6.45, 7) is 9.31. The average Bonchev–Trinajstić information content (AvgIpc) is 2.88. The molecule has 0 saturated carbocycles. The van der Waals surface area contributed by atoms with Crippen LogP contribution in [0.3, 0.4) is 0 Å². The Morgan fingerprint density at radius 2 is 2.14 bits per heavy atom. The molecule has 122 valence electrons. The zero-order chi connectivity index (χ0) is 15.7. The zero-order valence-electron chi connectivity index (χ0n) is 14.0. The van der Waals surface area contributed by atoms with E-state index >= 15 is 0 Å². The molecule has 2 aliphatic rings. The fourth-order valence-electron chi connectivity index (χ4n) is 3.68. The number of aromatic amines is 1. The second kappa shape index (κ2) is 6.03. The summed E-state index contributed by atoms with van der Waals surface area (Å²) in [5.41, 5.74) is 1.58. The standard InChI is InChI=1S/C17H28N4O/c1-17(2,3)15-10-13(19-20-15)16(22)21-9-5-4-6-12-11-18-8-7-14(12)21/h10,12,14,18H,4-9,11H2,1-3H3,(H,19,20)/t12-,14+/m0/s1. The first kappa shape index (κ1) is 15.5. The molecule has 0 aromatic carbocycles. The number of rotatable bonds is 1. The van der Waals surface area contributed by atoms with Crippen LogP contribution >= 0.6 is 0 Å². The number of aromatic nitrogens is 2. The van der Waals surface area contributed by atoms with E-state index in [9.17, 15) is 4.79 Å². The number of piperidine rings is 1. The molecule has 0 radical (unpaired) electrons. The summed E-state index contributed by atoms with van der Waals surface area (Å²) in [6.07, 6.45) is 4.62. The Kier molecular flexibility index (Phi) is 4.26. The maximum atomic E-state index is 13.0. The predicted molar refractivity (Wildman–Crippen MR) is 86.9 cm³/mol. The van der Waals surface area contributed by atoms with Crippen LogP contribution in [0.1, 0.15) is 62.6 Å². The summed E-state index contributed by atoms with van der Waals surface area (Å²) in [6, 6.07) is 2.31. The van der Waals surface area contributed by atoms with Gasteiger partial charge < -0.3 is 10.2 Å². The molecular formula is C17H28N4O. The largest absolute Gasteiger partial charge is 0.334 e. The smallest absolute Gasteiger partial charge is 0.274 e. The molecule has 0 unspecified atom stereocenters. The van der Waals surface area contributed by atoms with Crippen LogP contribution in [-0.2, 0) is 5.41 Å². The van der Waals surface area contributed by atoms with Crippen LogP contribution in [-0.4, -0.2) is 46.7 Å². The first-order valence-electron chi connectivity index (χ1n) is 8.54. The van der Waals surface area contributed by atoms with Gasteiger partial charge in [0.25, 0.3) is 5.91 Å². The van der Waals surface area contributed by atoms with Crippen LogP contribution in [0.25, 0.3) is 0 Å². The number of nitrogens with one attached hydrogen (secondary N) is 2. The van der Waals surface area contributed by atoms with Gasteiger partial charge in [-0.15, -0.1) is 0 Å². The molecule has 2 N–H and O–H groups in total. The number of nitrogens with zero attached hydrogens (tertiary/aromatic N) is 2. The highest BCUT2D eigenvalue weighted by atomic mass is 16.2. The van der Waals surface area contributed by atoms with Crippen LogP contribution < -0.4 is 5.32 Å². The maximum absolute atomic E-state index is 13.0. The Hall–Kier alpha value is -1.36. The number of likely N-dealkylation sites (tertiary alicyclic amines) is 1. The van der Waals surface area contributed by atoms with Crippen LogP contribution in [0.15, 0.2) is 6.07 Å². The molecular weight excluding hydrogens is 276 g/mol. The lowest BCUT2D eigenvalue weighted by molar-refractivity contribution is 0.0580. The molecule has 3 heterocycles. The Bertz CT molecular complexity index is 531. The van der Waals surface area contributed by atoms with Gasteiger partial charge in [0.1, 0.15) is 5.69 Å². The van der Waals surface area contributed by atoms with Crippen LogP contribution in [0.2, 0.25) is 0 Å². The molecule has 1 aromatic rings. The van der Waals surface area contributed by atoms with E-state index < -0.39 is 0 Å². The van der Waals surface area contributed by atoms with E-state index in [0.29, 0.717) is 17.7 Å². The van der Waals surface area contributed by atoms with Gasteiger partial charge in [-0.3, -0.25) is 9.89 Å². The van der Waals surface area contributed by atoms with Gasteiger partial charge in [-0.25, -0.2) is 0 Å². The zero-order valence-corrected chi connectivity index (χ0v) is 14.0. The minimum atomic E-state index is -0.0123. The Balaban J connectivity index is 1.81. The summed E-state index contributed by atoms with van der Waals surface area (Å²) in [4.78, 5) is 15.1. The third-order valence-electron chi connectivity index (χ3n) is 5.06. The second-order valence-corrected chi connectivity index (χ2v) is 7.73. The van der Waals surface area contributed by atoms with Gasteiger partial charge in [0.2, 0.25) is 0 Å². The van der Waals surface area contributed by atoms with E-state index in [1.807, 2.05) is 6.07 Å². The summed E-state index contributed by atoms with van der Waals surface area (Å²) in [7, 11) is 0. The number of hydrogen-bond acceptors (Lipinski definition) is 3. The number of carbonyl (C=O) groups is 1. The fourth-order valence-corrected chi connectivity index (χ4v) is 3.68. The molecule has 0 spiro atoms. The van der Waals surface area contributed by atoms with E-state index in [-0.39, 0.29) is 11.3 Å². The van der Waals surface area contributed by atoms with Crippen molar-refractivity contribution in [3.63, 3.8) is 0 Å². The highest BCUT2D eigenvalue weighted by molar-refractivity contribution is 5.92. The molecule has 2 atom stereocenters. The quantitative estimate of drug-likeness (QED) is 0.837. The maximum Gasteiger partial charge on any atom is 0.274 e. The van der Waals surface area contributed by atoms with E-state index in [0.717, 1.165) is 38.2 Å². The molecule has 2 saturated heterocycles. The molecule has 5 nitrogen and oxygen atoms in total. The van der Waals surface area contributed by atoms with Crippen LogP contribution in [0, 0.1) is 5.92 Å². The van der Waals surface area contributed by atoms with E-state index in [2.05, 4.69) is 41.2 Å². The molecule has 0 aliphatic carbocycles. The highest BCUT2D eigenvalue weighted by Crippen LogP contribution is 2.29. The van der Waals surface area contributed by atoms with Crippen molar-refractivity contribution in [2.24, 2.45) is 5.92 Å². The van der Waals surface area contributed by atoms with Gasteiger partial charge >= 0.3 is 0 Å². The Labute approximate surface area is 132 Å². The molecule has 2 aliphatic heterocycles. The summed E-state index contributed by atoms with van der Waals surface area (Å²) >= 11 is 0. The van der Waals surface area contributed by atoms with Crippen LogP contribution in [0.4, 0.5) is 0 Å². The number of fused-ring (bicyclic) bond motifs is 1. The molecule has 22 heavy (non-hydrogen) atoms. The summed E-state index contributed by atoms with van der Waals surface area (Å²) < 4.78 is 0. The van der Waals surface area contributed by atoms with Gasteiger partial charge in [0.15, 0.2) is 0 Å². The molecule has 5 heteroatoms. The summed E-state index contributed by atoms with van der Waals surface area (Å²) in [5, 5.41) is 10.8. The van der Waals surface area contributed by atoms with Gasteiger partial charge in [-0.05, 0) is 44.3 Å². The first-order chi connectivity index (χ1) is 10.5. The Morgan fingerprint density at radius 3 is 2.86 bits per heavy atom. The fraction of sp³-hybridized carbons (Fsp3) is 0.765. The number of carbonyl (C=O) groups excluding carboxylic acids is 1. The second-order valence-electron chi connectivity index (χ2n) is 7.73. The molecule has 1 aromatic heterocycles. The number of amides is 1. The van der Waals surface area contributed by atoms with Crippen molar-refractivity contribution in [2.75, 3.05) is 19.6 Å². The topological polar surface area (TPSA) is 61.0 Å². The van der Waals surface area contributed by atoms with Gasteiger partial charge in [-0.1, -0.05) is 27.2 Å². The third-order valence-corrected chi connectivity index (χ3v) is 5.06. The SMILES string of the molecule is CC(C)(C)c1cc(C(=O)N2CCCC[C@H]3CNCC[C@H]32)n[nH]1. The van der Waals surface area contributed by atoms with Crippen molar-refractivity contribution < 1.29 is 4.79 Å². The van der Waals surface area contributed by atoms with Crippen molar-refractivity contribution in [2.45, 2.75) is 57.9 Å². The van der Waals surface area contributed by atoms with Crippen molar-refractivity contribution in [3.8, 4) is 0 Å². The van der Waals surface area contributed by atoms with Crippen LogP contribution in [0.5, 0.6) is 0 Å². The van der Waals surface area contributed by atoms with Crippen molar-refractivity contribution in [3.05, 3.63) is 17.5 Å². The molecule has 2 fully saturated rings. The van der Waals surface area contributed by atoms with E-state index in [1.165, 1.54) is 12.8 Å². The van der Waals surface area contributed by atoms with E-state index in [4.69, 9.17) is 0 Å². The third kappa shape index (κ3) is 3.05. The monoisotopic (exact) mass is 304 g/mol. The molecule has 3 rings (SSSR count). The van der Waals surface area contributed by atoms with Gasteiger partial charge in [0, 0.05) is 23.7 Å². The minimum absolute atomic E-state index is 0.0123. The number of H-pyrrole nitrogens is 1. The lowest BCUT2D eigenvalue weighted by Gasteiger charge is -2.38. The van der Waals surface area contributed by atoms with Gasteiger partial charge in [0.05, 0.1) is 0 Å². The lowest BCUT2D eigenvalue weighted by Crippen LogP contribution is -2.51. The van der Waals surface area contributed by atoms with Gasteiger partial charge in [-0.2, -0.15) is 5.10 Å². The minimum Gasteiger partial charge on any atom is -0.334 e. The highest BCUT2D eigenvalue weighted by Gasteiger charge is 2.35. The van der Waals surface area contributed by atoms with Crippen molar-refractivity contribution >= 4 is 5.91 Å². The molecule has 1 amide bonds. The lowest BCUT2D eigenvalue weighted by atomic mass is 9.89. The van der Waals surface area contributed by atoms with E-state index in [1.54, 1.807) is 0 Å². The Morgan fingerprint density at radius 1 is 1.32 bits per heavy atom. The normalized spacial score (nSPS) is 26.4. The molecule has 0 bridgehead atoms. The average molecular weight is 304 g/mol. The number of hydrogen-bond donors (Lipinski definition) is 2. The van der Waals surface area contributed by atoms with Crippen molar-refractivity contribution in [1.29, 1.82) is 0 Å². The predicted octanol–water partition coefficient (Wildman–Crippen LogP) is 2.31.